The Hall–Kier alpha value is -3.45. The number of hydrogen-bond donors (Lipinski definition) is 0. The van der Waals surface area contributed by atoms with E-state index in [1.165, 1.54) is 44.2 Å². The fourth-order valence-electron chi connectivity index (χ4n) is 7.54. The maximum Gasteiger partial charge on any atom is 0.154 e. The maximum absolute atomic E-state index is 14.5. The minimum Gasteiger partial charge on any atom is -0.298 e. The van der Waals surface area contributed by atoms with Crippen LogP contribution in [-0.4, -0.2) is 5.78 Å². The van der Waals surface area contributed by atoms with E-state index in [2.05, 4.69) is 111 Å². The lowest BCUT2D eigenvalue weighted by molar-refractivity contribution is -0.127. The van der Waals surface area contributed by atoms with Crippen molar-refractivity contribution < 1.29 is 4.79 Å². The number of allylic oxidation sites excluding steroid dienone is 2. The van der Waals surface area contributed by atoms with Crippen molar-refractivity contribution >= 4 is 27.7 Å². The number of fused-ring (bicyclic) bond motifs is 7. The number of benzene rings is 4. The third kappa shape index (κ3) is 1.86. The van der Waals surface area contributed by atoms with Gasteiger partial charge in [0.1, 0.15) is 0 Å². The number of ketones is 1. The van der Waals surface area contributed by atoms with E-state index >= 15 is 0 Å². The summed E-state index contributed by atoms with van der Waals surface area (Å²) in [7, 11) is 0. The monoisotopic (exact) mass is 412 g/mol. The van der Waals surface area contributed by atoms with Gasteiger partial charge in [0.05, 0.1) is 10.8 Å². The van der Waals surface area contributed by atoms with Gasteiger partial charge in [-0.2, -0.15) is 0 Å². The summed E-state index contributed by atoms with van der Waals surface area (Å²) in [6.07, 6.45) is 0. The topological polar surface area (TPSA) is 17.1 Å². The molecule has 0 unspecified atom stereocenters. The summed E-state index contributed by atoms with van der Waals surface area (Å²) in [5.41, 5.74) is 6.38. The van der Waals surface area contributed by atoms with Crippen molar-refractivity contribution in [3.05, 3.63) is 119 Å². The molecule has 154 valence electrons. The van der Waals surface area contributed by atoms with Crippen molar-refractivity contribution in [3.8, 4) is 0 Å². The molecule has 0 aromatic heterocycles. The first-order valence-electron chi connectivity index (χ1n) is 11.5. The summed E-state index contributed by atoms with van der Waals surface area (Å²) in [5.74, 6) is 0.719. The van der Waals surface area contributed by atoms with Gasteiger partial charge in [0.15, 0.2) is 5.78 Å². The van der Waals surface area contributed by atoms with Gasteiger partial charge in [-0.15, -0.1) is 0 Å². The lowest BCUT2D eigenvalue weighted by Crippen LogP contribution is -2.28. The standard InChI is InChI=1S/C31H24O/c1-30-25(20-11-5-3-6-12-20)26(21-13-7-4-8-14-21)31(2,29(30)32)28-23-18-10-16-19-15-9-17-22(24(19)23)27(28)30/h3-18,27-28H,1-2H3/t27-,28+,30-,31+. The highest BCUT2D eigenvalue weighted by atomic mass is 16.1. The van der Waals surface area contributed by atoms with Gasteiger partial charge in [-0.3, -0.25) is 4.79 Å². The van der Waals surface area contributed by atoms with E-state index in [0.717, 1.165) is 0 Å². The average molecular weight is 413 g/mol. The molecule has 4 aromatic carbocycles. The molecule has 0 heterocycles. The summed E-state index contributed by atoms with van der Waals surface area (Å²) in [4.78, 5) is 14.5. The molecule has 0 radical (unpaired) electrons. The number of hydrogen-bond acceptors (Lipinski definition) is 1. The molecule has 4 atom stereocenters. The molecule has 7 rings (SSSR count). The van der Waals surface area contributed by atoms with Gasteiger partial charge in [-0.25, -0.2) is 0 Å². The Kier molecular flexibility index (Phi) is 3.33. The molecule has 0 amide bonds. The Labute approximate surface area is 188 Å². The SMILES string of the molecule is C[C@@]12C(=O)[C@@](C)(C(c3ccccc3)=C1c1ccccc1)[C@H]1c3cccc4cccc(c34)[C@H]12. The quantitative estimate of drug-likeness (QED) is 0.339. The minimum atomic E-state index is -0.556. The first-order valence-corrected chi connectivity index (χ1v) is 11.5. The van der Waals surface area contributed by atoms with Crippen molar-refractivity contribution in [2.24, 2.45) is 10.8 Å². The number of carbonyl (C=O) groups is 1. The molecule has 3 aliphatic carbocycles. The Morgan fingerprint density at radius 2 is 1.00 bits per heavy atom. The number of Topliss-reactive ketones (excluding diaryl/α,β-unsaturated/α-hetero) is 1. The van der Waals surface area contributed by atoms with E-state index in [9.17, 15) is 4.79 Å². The zero-order valence-corrected chi connectivity index (χ0v) is 18.3. The van der Waals surface area contributed by atoms with Crippen molar-refractivity contribution in [1.29, 1.82) is 0 Å². The molecule has 0 saturated heterocycles. The first-order chi connectivity index (χ1) is 15.6. The van der Waals surface area contributed by atoms with E-state index in [1.54, 1.807) is 0 Å². The average Bonchev–Trinajstić information content (AvgIpc) is 3.34. The zero-order valence-electron chi connectivity index (χ0n) is 18.3. The third-order valence-corrected chi connectivity index (χ3v) is 8.57. The highest BCUT2D eigenvalue weighted by Gasteiger charge is 2.73. The van der Waals surface area contributed by atoms with Crippen molar-refractivity contribution in [2.75, 3.05) is 0 Å². The molecule has 3 aliphatic rings. The summed E-state index contributed by atoms with van der Waals surface area (Å²) in [6, 6.07) is 34.5. The molecule has 1 saturated carbocycles. The Balaban J connectivity index is 1.63. The third-order valence-electron chi connectivity index (χ3n) is 8.57. The van der Waals surface area contributed by atoms with Crippen LogP contribution in [0.3, 0.4) is 0 Å². The summed E-state index contributed by atoms with van der Waals surface area (Å²) in [5, 5.41) is 2.66. The van der Waals surface area contributed by atoms with Crippen LogP contribution in [0.15, 0.2) is 97.1 Å². The second-order valence-corrected chi connectivity index (χ2v) is 9.96. The number of carbonyl (C=O) groups excluding carboxylic acids is 1. The van der Waals surface area contributed by atoms with Crippen LogP contribution >= 0.6 is 0 Å². The lowest BCUT2D eigenvalue weighted by Gasteiger charge is -2.39. The van der Waals surface area contributed by atoms with Crippen LogP contribution in [0.25, 0.3) is 21.9 Å². The van der Waals surface area contributed by atoms with Crippen molar-refractivity contribution in [3.63, 3.8) is 0 Å². The summed E-state index contributed by atoms with van der Waals surface area (Å²) >= 11 is 0. The molecular weight excluding hydrogens is 388 g/mol. The molecular formula is C31H24O. The maximum atomic E-state index is 14.5. The molecule has 0 spiro atoms. The number of rotatable bonds is 2. The van der Waals surface area contributed by atoms with Crippen LogP contribution in [0, 0.1) is 10.8 Å². The van der Waals surface area contributed by atoms with Gasteiger partial charge in [-0.1, -0.05) is 97.1 Å². The molecule has 0 N–H and O–H groups in total. The smallest absolute Gasteiger partial charge is 0.154 e. The molecule has 1 fully saturated rings. The Morgan fingerprint density at radius 3 is 1.44 bits per heavy atom. The van der Waals surface area contributed by atoms with Gasteiger partial charge >= 0.3 is 0 Å². The lowest BCUT2D eigenvalue weighted by atomic mass is 9.61. The molecule has 0 aliphatic heterocycles. The predicted molar refractivity (Wildman–Crippen MR) is 130 cm³/mol. The van der Waals surface area contributed by atoms with Gasteiger partial charge in [0.25, 0.3) is 0 Å². The summed E-state index contributed by atoms with van der Waals surface area (Å²) < 4.78 is 0. The normalized spacial score (nSPS) is 29.8. The predicted octanol–water partition coefficient (Wildman–Crippen LogP) is 7.24. The van der Waals surface area contributed by atoms with Gasteiger partial charge < -0.3 is 0 Å². The molecule has 1 nitrogen and oxygen atoms in total. The first kappa shape index (κ1) is 18.2. The van der Waals surface area contributed by atoms with E-state index in [-0.39, 0.29) is 11.8 Å². The van der Waals surface area contributed by atoms with Crippen LogP contribution in [0.1, 0.15) is 47.9 Å². The summed E-state index contributed by atoms with van der Waals surface area (Å²) in [6.45, 7) is 4.45. The van der Waals surface area contributed by atoms with Crippen LogP contribution in [-0.2, 0) is 4.79 Å². The molecule has 4 aromatic rings. The van der Waals surface area contributed by atoms with Gasteiger partial charge in [0, 0.05) is 11.8 Å². The van der Waals surface area contributed by atoms with Gasteiger partial charge in [-0.05, 0) is 58.0 Å². The Bertz CT molecular complexity index is 1360. The van der Waals surface area contributed by atoms with Crippen molar-refractivity contribution in [1.82, 2.24) is 0 Å². The fraction of sp³-hybridized carbons (Fsp3) is 0.194. The van der Waals surface area contributed by atoms with Crippen LogP contribution in [0.5, 0.6) is 0 Å². The Morgan fingerprint density at radius 1 is 0.562 bits per heavy atom. The minimum absolute atomic E-state index is 0.170. The van der Waals surface area contributed by atoms with Crippen LogP contribution in [0.4, 0.5) is 0 Å². The second-order valence-electron chi connectivity index (χ2n) is 9.96. The van der Waals surface area contributed by atoms with E-state index in [0.29, 0.717) is 5.78 Å². The van der Waals surface area contributed by atoms with Gasteiger partial charge in [0.2, 0.25) is 0 Å². The van der Waals surface area contributed by atoms with Crippen molar-refractivity contribution in [2.45, 2.75) is 25.7 Å². The molecule has 32 heavy (non-hydrogen) atoms. The van der Waals surface area contributed by atoms with Crippen LogP contribution in [0.2, 0.25) is 0 Å². The molecule has 2 bridgehead atoms. The highest BCUT2D eigenvalue weighted by molar-refractivity contribution is 6.25. The van der Waals surface area contributed by atoms with E-state index < -0.39 is 10.8 Å². The van der Waals surface area contributed by atoms with Crippen LogP contribution < -0.4 is 0 Å². The fourth-order valence-corrected chi connectivity index (χ4v) is 7.54. The zero-order chi connectivity index (χ0) is 21.7. The van der Waals surface area contributed by atoms with E-state index in [4.69, 9.17) is 0 Å². The molecule has 1 heteroatoms. The highest BCUT2D eigenvalue weighted by Crippen LogP contribution is 2.79. The second kappa shape index (κ2) is 5.86. The van der Waals surface area contributed by atoms with E-state index in [1.807, 2.05) is 0 Å². The largest absolute Gasteiger partial charge is 0.298 e.